The van der Waals surface area contributed by atoms with Gasteiger partial charge in [-0.25, -0.2) is 14.6 Å². The first-order chi connectivity index (χ1) is 10.6. The van der Waals surface area contributed by atoms with Gasteiger partial charge >= 0.3 is 11.7 Å². The average Bonchev–Trinajstić information content (AvgIpc) is 3.04. The van der Waals surface area contributed by atoms with Crippen molar-refractivity contribution in [2.24, 2.45) is 0 Å². The number of nitrogens with one attached hydrogen (secondary N) is 1. The fourth-order valence-corrected chi connectivity index (χ4v) is 3.67. The fraction of sp³-hybridized carbons (Fsp3) is 0.231. The molecule has 9 heteroatoms. The molecule has 0 aliphatic heterocycles. The van der Waals surface area contributed by atoms with Crippen molar-refractivity contribution in [1.82, 2.24) is 19.4 Å². The Morgan fingerprint density at radius 2 is 2.32 bits per heavy atom. The highest BCUT2D eigenvalue weighted by Crippen LogP contribution is 2.25. The molecule has 22 heavy (non-hydrogen) atoms. The fourth-order valence-electron chi connectivity index (χ4n) is 1.99. The Kier molecular flexibility index (Phi) is 3.99. The van der Waals surface area contributed by atoms with Gasteiger partial charge in [-0.2, -0.15) is 4.98 Å². The maximum atomic E-state index is 11.9. The number of rotatable bonds is 4. The monoisotopic (exact) mass is 336 g/mol. The van der Waals surface area contributed by atoms with Crippen LogP contribution in [0, 0.1) is 6.92 Å². The van der Waals surface area contributed by atoms with Crippen LogP contribution in [0.2, 0.25) is 0 Å². The number of aromatic amines is 1. The second kappa shape index (κ2) is 5.93. The summed E-state index contributed by atoms with van der Waals surface area (Å²) >= 11 is 2.83. The van der Waals surface area contributed by atoms with Crippen molar-refractivity contribution in [3.63, 3.8) is 0 Å². The largest absolute Gasteiger partial charge is 0.465 e. The van der Waals surface area contributed by atoms with Gasteiger partial charge in [0.1, 0.15) is 10.6 Å². The number of carbonyl (C=O) groups excluding carboxylic acids is 1. The molecule has 0 aliphatic carbocycles. The van der Waals surface area contributed by atoms with Crippen molar-refractivity contribution in [2.45, 2.75) is 17.7 Å². The standard InChI is InChI=1S/C13H12N4O3S2/c1-7-9(11(18)20-2)10(16-12(19)14-7)22-6-8-5-17-3-4-21-13(17)15-8/h3-5H,6H2,1-2H3,(H,14,16,19). The number of aryl methyl sites for hydroxylation is 1. The zero-order valence-electron chi connectivity index (χ0n) is 11.8. The number of H-pyrrole nitrogens is 1. The molecule has 0 saturated carbocycles. The Hall–Kier alpha value is -2.13. The van der Waals surface area contributed by atoms with Gasteiger partial charge in [0.25, 0.3) is 0 Å². The molecule has 0 aliphatic rings. The third-order valence-electron chi connectivity index (χ3n) is 2.98. The van der Waals surface area contributed by atoms with Crippen molar-refractivity contribution in [1.29, 1.82) is 0 Å². The SMILES string of the molecule is COC(=O)c1c(SCc2cn3ccsc3n2)nc(=O)[nH]c1C. The predicted molar refractivity (Wildman–Crippen MR) is 83.6 cm³/mol. The zero-order chi connectivity index (χ0) is 15.7. The van der Waals surface area contributed by atoms with Crippen molar-refractivity contribution in [3.8, 4) is 0 Å². The van der Waals surface area contributed by atoms with Crippen molar-refractivity contribution < 1.29 is 9.53 Å². The quantitative estimate of drug-likeness (QED) is 0.444. The molecule has 0 atom stereocenters. The van der Waals surface area contributed by atoms with Crippen molar-refractivity contribution in [3.05, 3.63) is 45.2 Å². The third-order valence-corrected chi connectivity index (χ3v) is 4.76. The molecular weight excluding hydrogens is 324 g/mol. The number of esters is 1. The molecule has 1 N–H and O–H groups in total. The molecule has 0 saturated heterocycles. The van der Waals surface area contributed by atoms with Crippen LogP contribution in [0.3, 0.4) is 0 Å². The van der Waals surface area contributed by atoms with E-state index in [1.165, 1.54) is 18.9 Å². The molecule has 0 bridgehead atoms. The van der Waals surface area contributed by atoms with Gasteiger partial charge in [0.05, 0.1) is 12.8 Å². The predicted octanol–water partition coefficient (Wildman–Crippen LogP) is 1.87. The summed E-state index contributed by atoms with van der Waals surface area (Å²) in [5, 5.41) is 2.31. The molecule has 114 valence electrons. The summed E-state index contributed by atoms with van der Waals surface area (Å²) < 4.78 is 6.68. The molecule has 0 unspecified atom stereocenters. The lowest BCUT2D eigenvalue weighted by atomic mass is 10.2. The van der Waals surface area contributed by atoms with Crippen LogP contribution in [-0.4, -0.2) is 32.4 Å². The summed E-state index contributed by atoms with van der Waals surface area (Å²) in [6, 6.07) is 0. The van der Waals surface area contributed by atoms with Crippen LogP contribution in [-0.2, 0) is 10.5 Å². The molecule has 0 aromatic carbocycles. The lowest BCUT2D eigenvalue weighted by Crippen LogP contribution is -2.19. The third kappa shape index (κ3) is 2.77. The van der Waals surface area contributed by atoms with E-state index in [9.17, 15) is 9.59 Å². The van der Waals surface area contributed by atoms with Gasteiger partial charge in [0.2, 0.25) is 0 Å². The summed E-state index contributed by atoms with van der Waals surface area (Å²) in [5.74, 6) is -0.0107. The van der Waals surface area contributed by atoms with Crippen molar-refractivity contribution in [2.75, 3.05) is 7.11 Å². The number of nitrogens with zero attached hydrogens (tertiary/aromatic N) is 3. The van der Waals surface area contributed by atoms with Crippen LogP contribution in [0.5, 0.6) is 0 Å². The van der Waals surface area contributed by atoms with Crippen LogP contribution in [0.1, 0.15) is 21.7 Å². The van der Waals surface area contributed by atoms with Crippen molar-refractivity contribution >= 4 is 34.0 Å². The summed E-state index contributed by atoms with van der Waals surface area (Å²) in [7, 11) is 1.30. The number of ether oxygens (including phenoxy) is 1. The van der Waals surface area contributed by atoms with E-state index in [1.54, 1.807) is 18.3 Å². The highest BCUT2D eigenvalue weighted by atomic mass is 32.2. The first-order valence-corrected chi connectivity index (χ1v) is 8.18. The van der Waals surface area contributed by atoms with Gasteiger partial charge in [-0.15, -0.1) is 11.3 Å². The topological polar surface area (TPSA) is 89.3 Å². The van der Waals surface area contributed by atoms with Crippen LogP contribution >= 0.6 is 23.1 Å². The number of methoxy groups -OCH3 is 1. The molecule has 3 aromatic heterocycles. The van der Waals surface area contributed by atoms with Crippen LogP contribution in [0.25, 0.3) is 4.96 Å². The smallest absolute Gasteiger partial charge is 0.346 e. The number of carbonyl (C=O) groups is 1. The Bertz CT molecular complexity index is 868. The lowest BCUT2D eigenvalue weighted by molar-refractivity contribution is 0.0594. The summed E-state index contributed by atoms with van der Waals surface area (Å²) in [5.41, 5.74) is 1.10. The molecule has 0 fully saturated rings. The van der Waals surface area contributed by atoms with E-state index in [4.69, 9.17) is 4.74 Å². The summed E-state index contributed by atoms with van der Waals surface area (Å²) in [6.07, 6.45) is 3.84. The van der Waals surface area contributed by atoms with Crippen LogP contribution in [0.15, 0.2) is 27.6 Å². The summed E-state index contributed by atoms with van der Waals surface area (Å²) in [4.78, 5) is 35.1. The van der Waals surface area contributed by atoms with E-state index in [1.807, 2.05) is 22.2 Å². The second-order valence-electron chi connectivity index (χ2n) is 4.45. The van der Waals surface area contributed by atoms with Gasteiger partial charge in [0, 0.05) is 29.2 Å². The number of hydrogen-bond donors (Lipinski definition) is 1. The van der Waals surface area contributed by atoms with Gasteiger partial charge in [0.15, 0.2) is 4.96 Å². The number of fused-ring (bicyclic) bond motifs is 1. The van der Waals surface area contributed by atoms with Gasteiger partial charge in [-0.1, -0.05) is 11.8 Å². The number of imidazole rings is 1. The van der Waals surface area contributed by atoms with E-state index >= 15 is 0 Å². The second-order valence-corrected chi connectivity index (χ2v) is 6.29. The number of thiazole rings is 1. The molecule has 0 spiro atoms. The minimum atomic E-state index is -0.519. The first-order valence-electron chi connectivity index (χ1n) is 6.31. The molecule has 0 radical (unpaired) electrons. The first kappa shape index (κ1) is 14.8. The van der Waals surface area contributed by atoms with Crippen LogP contribution in [0.4, 0.5) is 0 Å². The maximum Gasteiger partial charge on any atom is 0.346 e. The molecule has 3 aromatic rings. The minimum absolute atomic E-state index is 0.285. The van der Waals surface area contributed by atoms with E-state index in [0.29, 0.717) is 16.5 Å². The highest BCUT2D eigenvalue weighted by Gasteiger charge is 2.19. The van der Waals surface area contributed by atoms with Gasteiger partial charge in [-0.05, 0) is 6.92 Å². The van der Waals surface area contributed by atoms with E-state index in [0.717, 1.165) is 10.7 Å². The average molecular weight is 336 g/mol. The Balaban J connectivity index is 1.89. The molecule has 3 heterocycles. The molecule has 3 rings (SSSR count). The van der Waals surface area contributed by atoms with Gasteiger partial charge < -0.3 is 9.72 Å². The Morgan fingerprint density at radius 3 is 3.05 bits per heavy atom. The zero-order valence-corrected chi connectivity index (χ0v) is 13.5. The normalized spacial score (nSPS) is 11.0. The number of hydrogen-bond acceptors (Lipinski definition) is 7. The summed E-state index contributed by atoms with van der Waals surface area (Å²) in [6.45, 7) is 1.64. The molecule has 7 nitrogen and oxygen atoms in total. The molecular formula is C13H12N4O3S2. The number of thioether (sulfide) groups is 1. The van der Waals surface area contributed by atoms with E-state index < -0.39 is 11.7 Å². The Morgan fingerprint density at radius 1 is 1.50 bits per heavy atom. The lowest BCUT2D eigenvalue weighted by Gasteiger charge is -2.08. The van der Waals surface area contributed by atoms with Crippen LogP contribution < -0.4 is 5.69 Å². The maximum absolute atomic E-state index is 11.9. The van der Waals surface area contributed by atoms with E-state index in [2.05, 4.69) is 15.0 Å². The van der Waals surface area contributed by atoms with E-state index in [-0.39, 0.29) is 5.56 Å². The molecule has 0 amide bonds. The van der Waals surface area contributed by atoms with Gasteiger partial charge in [-0.3, -0.25) is 4.40 Å². The highest BCUT2D eigenvalue weighted by molar-refractivity contribution is 7.98. The number of aromatic nitrogens is 4. The Labute approximate surface area is 133 Å². The minimum Gasteiger partial charge on any atom is -0.465 e.